The van der Waals surface area contributed by atoms with Gasteiger partial charge in [-0.25, -0.2) is 4.68 Å². The predicted molar refractivity (Wildman–Crippen MR) is 93.5 cm³/mol. The lowest BCUT2D eigenvalue weighted by Crippen LogP contribution is -2.34. The second kappa shape index (κ2) is 7.84. The summed E-state index contributed by atoms with van der Waals surface area (Å²) in [4.78, 5) is 13.8. The van der Waals surface area contributed by atoms with Crippen LogP contribution in [0.1, 0.15) is 18.9 Å². The highest BCUT2D eigenvalue weighted by Crippen LogP contribution is 2.25. The van der Waals surface area contributed by atoms with E-state index in [1.54, 1.807) is 18.9 Å². The van der Waals surface area contributed by atoms with Crippen molar-refractivity contribution >= 4 is 17.7 Å². The van der Waals surface area contributed by atoms with Gasteiger partial charge in [0.15, 0.2) is 5.82 Å². The molecule has 0 radical (unpaired) electrons. The summed E-state index contributed by atoms with van der Waals surface area (Å²) in [6.45, 7) is 4.20. The number of nitriles is 1. The minimum absolute atomic E-state index is 0.0739. The maximum atomic E-state index is 12.3. The van der Waals surface area contributed by atoms with Gasteiger partial charge in [0.05, 0.1) is 17.7 Å². The van der Waals surface area contributed by atoms with Gasteiger partial charge in [-0.05, 0) is 13.8 Å². The molecule has 0 aliphatic rings. The van der Waals surface area contributed by atoms with Gasteiger partial charge in [-0.1, -0.05) is 41.6 Å². The molecule has 0 saturated heterocycles. The molecule has 1 amide bonds. The van der Waals surface area contributed by atoms with Gasteiger partial charge >= 0.3 is 0 Å². The monoisotopic (exact) mass is 344 g/mol. The number of thioether (sulfide) groups is 1. The molecule has 0 aliphatic heterocycles. The Morgan fingerprint density at radius 2 is 2.08 bits per heavy atom. The van der Waals surface area contributed by atoms with Gasteiger partial charge in [-0.3, -0.25) is 4.79 Å². The third-order valence-electron chi connectivity index (χ3n) is 3.54. The van der Waals surface area contributed by atoms with Gasteiger partial charge in [0.25, 0.3) is 0 Å². The molecule has 1 aromatic carbocycles. The summed E-state index contributed by atoms with van der Waals surface area (Å²) in [5.41, 5.74) is 2.02. The summed E-state index contributed by atoms with van der Waals surface area (Å²) in [7, 11) is 1.68. The Morgan fingerprint density at radius 3 is 2.71 bits per heavy atom. The first kappa shape index (κ1) is 17.8. The fourth-order valence-corrected chi connectivity index (χ4v) is 2.99. The van der Waals surface area contributed by atoms with Crippen molar-refractivity contribution < 1.29 is 4.79 Å². The zero-order valence-corrected chi connectivity index (χ0v) is 14.7. The number of nitrogens with zero attached hydrogens (tertiary/aromatic N) is 5. The number of aromatic nitrogens is 3. The number of benzene rings is 1. The van der Waals surface area contributed by atoms with Crippen LogP contribution >= 0.6 is 11.8 Å². The molecule has 2 rings (SSSR count). The molecule has 0 fully saturated rings. The molecule has 1 aromatic heterocycles. The minimum Gasteiger partial charge on any atom is -0.344 e. The number of carbonyl (C=O) groups is 1. The molecule has 0 unspecified atom stereocenters. The van der Waals surface area contributed by atoms with Crippen molar-refractivity contribution in [1.29, 1.82) is 5.26 Å². The lowest BCUT2D eigenvalue weighted by Gasteiger charge is -2.19. The summed E-state index contributed by atoms with van der Waals surface area (Å²) in [6.07, 6.45) is 0.310. The largest absolute Gasteiger partial charge is 0.344 e. The fraction of sp³-hybridized carbons (Fsp3) is 0.375. The second-order valence-electron chi connectivity index (χ2n) is 5.47. The number of hydrogen-bond acceptors (Lipinski definition) is 6. The summed E-state index contributed by atoms with van der Waals surface area (Å²) >= 11 is 1.25. The number of carbonyl (C=O) groups excluding carboxylic acids is 1. The molecular weight excluding hydrogens is 324 g/mol. The highest BCUT2D eigenvalue weighted by Gasteiger charge is 2.22. The van der Waals surface area contributed by atoms with Gasteiger partial charge in [0.1, 0.15) is 0 Å². The van der Waals surface area contributed by atoms with E-state index < -0.39 is 0 Å². The van der Waals surface area contributed by atoms with E-state index in [-0.39, 0.29) is 11.2 Å². The van der Waals surface area contributed by atoms with Crippen LogP contribution < -0.4 is 5.84 Å². The first-order valence-corrected chi connectivity index (χ1v) is 8.38. The van der Waals surface area contributed by atoms with Crippen LogP contribution in [0.2, 0.25) is 0 Å². The van der Waals surface area contributed by atoms with Crippen LogP contribution in [-0.4, -0.2) is 44.5 Å². The molecule has 8 heteroatoms. The van der Waals surface area contributed by atoms with Crippen LogP contribution in [0.4, 0.5) is 0 Å². The minimum atomic E-state index is -0.369. The van der Waals surface area contributed by atoms with Crippen molar-refractivity contribution in [2.75, 3.05) is 19.4 Å². The van der Waals surface area contributed by atoms with Gasteiger partial charge in [0, 0.05) is 19.2 Å². The van der Waals surface area contributed by atoms with Crippen LogP contribution in [0.5, 0.6) is 0 Å². The highest BCUT2D eigenvalue weighted by atomic mass is 32.2. The van der Waals surface area contributed by atoms with Gasteiger partial charge < -0.3 is 10.7 Å². The third kappa shape index (κ3) is 4.06. The highest BCUT2D eigenvalue weighted by molar-refractivity contribution is 8.00. The molecule has 0 aliphatic carbocycles. The second-order valence-corrected chi connectivity index (χ2v) is 6.78. The molecule has 2 aromatic rings. The number of hydrogen-bond donors (Lipinski definition) is 1. The Labute approximate surface area is 145 Å². The van der Waals surface area contributed by atoms with Crippen molar-refractivity contribution in [2.45, 2.75) is 30.7 Å². The maximum absolute atomic E-state index is 12.3. The quantitative estimate of drug-likeness (QED) is 0.633. The Balaban J connectivity index is 2.10. The molecule has 0 saturated carbocycles. The molecule has 24 heavy (non-hydrogen) atoms. The molecule has 126 valence electrons. The summed E-state index contributed by atoms with van der Waals surface area (Å²) < 4.78 is 1.40. The van der Waals surface area contributed by atoms with Crippen LogP contribution in [-0.2, 0) is 4.79 Å². The maximum Gasteiger partial charge on any atom is 0.235 e. The average Bonchev–Trinajstić information content (AvgIpc) is 2.93. The molecule has 7 nitrogen and oxygen atoms in total. The lowest BCUT2D eigenvalue weighted by molar-refractivity contribution is -0.128. The van der Waals surface area contributed by atoms with E-state index in [9.17, 15) is 4.79 Å². The zero-order chi connectivity index (χ0) is 17.7. The summed E-state index contributed by atoms with van der Waals surface area (Å²) in [5, 5.41) is 16.9. The Bertz CT molecular complexity index is 749. The van der Waals surface area contributed by atoms with Crippen LogP contribution in [0, 0.1) is 18.3 Å². The SMILES string of the molecule is Cc1ccc(-c2nnc(S[C@H](C)C(=O)N(C)CCC#N)n2N)cc1. The molecule has 1 atom stereocenters. The molecule has 1 heterocycles. The van der Waals surface area contributed by atoms with E-state index in [0.29, 0.717) is 23.9 Å². The number of rotatable bonds is 6. The van der Waals surface area contributed by atoms with E-state index in [4.69, 9.17) is 11.1 Å². The van der Waals surface area contributed by atoms with Crippen LogP contribution in [0.3, 0.4) is 0 Å². The van der Waals surface area contributed by atoms with Crippen LogP contribution in [0.15, 0.2) is 29.4 Å². The van der Waals surface area contributed by atoms with Gasteiger partial charge in [-0.15, -0.1) is 10.2 Å². The summed E-state index contributed by atoms with van der Waals surface area (Å²) in [5.74, 6) is 6.56. The van der Waals surface area contributed by atoms with Crippen molar-refractivity contribution in [3.05, 3.63) is 29.8 Å². The van der Waals surface area contributed by atoms with Gasteiger partial charge in [-0.2, -0.15) is 5.26 Å². The first-order chi connectivity index (χ1) is 11.4. The predicted octanol–water partition coefficient (Wildman–Crippen LogP) is 1.82. The Morgan fingerprint density at radius 1 is 1.42 bits per heavy atom. The number of nitrogens with two attached hydrogens (primary N) is 1. The van der Waals surface area contributed by atoms with Crippen molar-refractivity contribution in [1.82, 2.24) is 19.8 Å². The fourth-order valence-electron chi connectivity index (χ4n) is 2.10. The molecular formula is C16H20N6OS. The van der Waals surface area contributed by atoms with Crippen molar-refractivity contribution in [3.63, 3.8) is 0 Å². The van der Waals surface area contributed by atoms with E-state index in [0.717, 1.165) is 11.1 Å². The topological polar surface area (TPSA) is 101 Å². The van der Waals surface area contributed by atoms with Crippen LogP contribution in [0.25, 0.3) is 11.4 Å². The Kier molecular flexibility index (Phi) is 5.82. The lowest BCUT2D eigenvalue weighted by atomic mass is 10.1. The normalized spacial score (nSPS) is 11.8. The molecule has 0 spiro atoms. The number of amides is 1. The summed E-state index contributed by atoms with van der Waals surface area (Å²) in [6, 6.07) is 9.85. The number of nitrogen functional groups attached to an aromatic ring is 1. The van der Waals surface area contributed by atoms with Crippen molar-refractivity contribution in [3.8, 4) is 17.5 Å². The third-order valence-corrected chi connectivity index (χ3v) is 4.58. The first-order valence-electron chi connectivity index (χ1n) is 7.50. The van der Waals surface area contributed by atoms with E-state index >= 15 is 0 Å². The Hall–Kier alpha value is -2.53. The van der Waals surface area contributed by atoms with Crippen molar-refractivity contribution in [2.24, 2.45) is 0 Å². The number of aryl methyl sites for hydroxylation is 1. The molecule has 2 N–H and O–H groups in total. The molecule has 0 bridgehead atoms. The zero-order valence-electron chi connectivity index (χ0n) is 13.9. The van der Waals surface area contributed by atoms with Gasteiger partial charge in [0.2, 0.25) is 11.1 Å². The smallest absolute Gasteiger partial charge is 0.235 e. The standard InChI is InChI=1S/C16H20N6OS/c1-11-5-7-13(8-6-11)14-19-20-16(22(14)18)24-12(2)15(23)21(3)10-4-9-17/h5-8,12H,4,10,18H2,1-3H3/t12-/m1/s1. The van der Waals surface area contributed by atoms with E-state index in [1.165, 1.54) is 16.4 Å². The van der Waals surface area contributed by atoms with E-state index in [2.05, 4.69) is 10.2 Å². The average molecular weight is 344 g/mol. The van der Waals surface area contributed by atoms with E-state index in [1.807, 2.05) is 37.3 Å².